The van der Waals surface area contributed by atoms with Crippen molar-refractivity contribution in [1.29, 1.82) is 0 Å². The summed E-state index contributed by atoms with van der Waals surface area (Å²) in [6, 6.07) is 3.08. The van der Waals surface area contributed by atoms with E-state index < -0.39 is 29.9 Å². The summed E-state index contributed by atoms with van der Waals surface area (Å²) in [5, 5.41) is 14.8. The van der Waals surface area contributed by atoms with Gasteiger partial charge in [0.1, 0.15) is 12.1 Å². The Morgan fingerprint density at radius 1 is 1.25 bits per heavy atom. The fourth-order valence-electron chi connectivity index (χ4n) is 1.86. The lowest BCUT2D eigenvalue weighted by Crippen LogP contribution is -2.47. The molecule has 0 aromatic heterocycles. The molecule has 24 heavy (non-hydrogen) atoms. The van der Waals surface area contributed by atoms with Crippen LogP contribution in [0, 0.1) is 0 Å². The van der Waals surface area contributed by atoms with Gasteiger partial charge >= 0.3 is 11.9 Å². The Labute approximate surface area is 149 Å². The Balaban J connectivity index is 2.69. The number of anilines is 1. The summed E-state index contributed by atoms with van der Waals surface area (Å²) < 4.78 is 4.57. The number of methoxy groups -OCH3 is 1. The lowest BCUT2D eigenvalue weighted by Gasteiger charge is -2.20. The van der Waals surface area contributed by atoms with E-state index in [1.165, 1.54) is 7.11 Å². The highest BCUT2D eigenvalue weighted by molar-refractivity contribution is 6.42. The molecule has 1 unspecified atom stereocenters. The van der Waals surface area contributed by atoms with Crippen LogP contribution in [0.25, 0.3) is 0 Å². The number of hydrogen-bond donors (Lipinski definition) is 3. The van der Waals surface area contributed by atoms with Crippen LogP contribution < -0.4 is 10.6 Å². The number of carboxylic acid groups (broad SMARTS) is 1. The molecule has 0 spiro atoms. The maximum Gasteiger partial charge on any atom is 0.328 e. The van der Waals surface area contributed by atoms with Gasteiger partial charge in [0.05, 0.1) is 17.2 Å². The van der Waals surface area contributed by atoms with Gasteiger partial charge in [0, 0.05) is 12.1 Å². The normalized spacial score (nSPS) is 12.8. The van der Waals surface area contributed by atoms with Crippen LogP contribution >= 0.6 is 23.2 Å². The monoisotopic (exact) mass is 376 g/mol. The topological polar surface area (TPSA) is 105 Å². The van der Waals surface area contributed by atoms with Gasteiger partial charge in [0.15, 0.2) is 0 Å². The SMILES string of the molecule is COC(=O)[C@H](CCC(=O)O)NC(=O)C(C)Nc1ccc(Cl)c(Cl)c1. The van der Waals surface area contributed by atoms with E-state index in [1.807, 2.05) is 0 Å². The highest BCUT2D eigenvalue weighted by atomic mass is 35.5. The number of ether oxygens (including phenoxy) is 1. The van der Waals surface area contributed by atoms with Crippen molar-refractivity contribution in [3.8, 4) is 0 Å². The van der Waals surface area contributed by atoms with E-state index in [4.69, 9.17) is 28.3 Å². The zero-order chi connectivity index (χ0) is 18.3. The van der Waals surface area contributed by atoms with Gasteiger partial charge in [-0.3, -0.25) is 9.59 Å². The second kappa shape index (κ2) is 9.34. The van der Waals surface area contributed by atoms with E-state index in [9.17, 15) is 14.4 Å². The molecule has 2 atom stereocenters. The Hall–Kier alpha value is -1.99. The quantitative estimate of drug-likeness (QED) is 0.601. The number of halogens is 2. The first-order chi connectivity index (χ1) is 11.2. The molecule has 1 aromatic carbocycles. The van der Waals surface area contributed by atoms with Gasteiger partial charge < -0.3 is 20.5 Å². The molecule has 0 heterocycles. The Kier molecular flexibility index (Phi) is 7.81. The van der Waals surface area contributed by atoms with Gasteiger partial charge in [0.2, 0.25) is 5.91 Å². The molecule has 132 valence electrons. The molecule has 7 nitrogen and oxygen atoms in total. The number of carbonyl (C=O) groups excluding carboxylic acids is 2. The van der Waals surface area contributed by atoms with E-state index in [2.05, 4.69) is 15.4 Å². The van der Waals surface area contributed by atoms with Crippen LogP contribution in [0.5, 0.6) is 0 Å². The standard InChI is InChI=1S/C15H18Cl2N2O5/c1-8(18-9-3-4-10(16)11(17)7-9)14(22)19-12(15(23)24-2)5-6-13(20)21/h3-4,7-8,12,18H,5-6H2,1-2H3,(H,19,22)(H,20,21)/t8?,12-/m0/s1. The molecule has 0 saturated carbocycles. The van der Waals surface area contributed by atoms with Crippen LogP contribution in [0.4, 0.5) is 5.69 Å². The number of benzene rings is 1. The molecule has 3 N–H and O–H groups in total. The first kappa shape index (κ1) is 20.1. The number of carboxylic acids is 1. The summed E-state index contributed by atoms with van der Waals surface area (Å²) >= 11 is 11.7. The summed E-state index contributed by atoms with van der Waals surface area (Å²) in [6.45, 7) is 1.59. The molecule has 0 fully saturated rings. The van der Waals surface area contributed by atoms with Gasteiger partial charge in [-0.15, -0.1) is 0 Å². The smallest absolute Gasteiger partial charge is 0.328 e. The number of amides is 1. The molecular formula is C15H18Cl2N2O5. The van der Waals surface area contributed by atoms with Crippen LogP contribution in [-0.2, 0) is 19.1 Å². The lowest BCUT2D eigenvalue weighted by atomic mass is 10.1. The van der Waals surface area contributed by atoms with Gasteiger partial charge in [-0.1, -0.05) is 23.2 Å². The number of aliphatic carboxylic acids is 1. The second-order valence-electron chi connectivity index (χ2n) is 5.01. The number of carbonyl (C=O) groups is 3. The molecule has 1 rings (SSSR count). The van der Waals surface area contributed by atoms with E-state index in [-0.39, 0.29) is 12.8 Å². The first-order valence-electron chi connectivity index (χ1n) is 7.06. The predicted molar refractivity (Wildman–Crippen MR) is 90.4 cm³/mol. The van der Waals surface area contributed by atoms with Crippen molar-refractivity contribution >= 4 is 46.7 Å². The van der Waals surface area contributed by atoms with Gasteiger partial charge in [-0.2, -0.15) is 0 Å². The van der Waals surface area contributed by atoms with Crippen LogP contribution in [0.1, 0.15) is 19.8 Å². The molecule has 1 amide bonds. The minimum atomic E-state index is -1.07. The summed E-state index contributed by atoms with van der Waals surface area (Å²) in [6.07, 6.45) is -0.331. The van der Waals surface area contributed by atoms with Crippen LogP contribution in [-0.4, -0.2) is 42.1 Å². The third-order valence-electron chi connectivity index (χ3n) is 3.15. The summed E-state index contributed by atoms with van der Waals surface area (Å²) in [4.78, 5) is 34.5. The fraction of sp³-hybridized carbons (Fsp3) is 0.400. The van der Waals surface area contributed by atoms with Crippen molar-refractivity contribution in [2.45, 2.75) is 31.8 Å². The van der Waals surface area contributed by atoms with Gasteiger partial charge in [0.25, 0.3) is 0 Å². The maximum atomic E-state index is 12.2. The van der Waals surface area contributed by atoms with Crippen molar-refractivity contribution in [3.63, 3.8) is 0 Å². The number of nitrogens with one attached hydrogen (secondary N) is 2. The summed E-state index contributed by atoms with van der Waals surface area (Å²) in [7, 11) is 1.17. The molecular weight excluding hydrogens is 359 g/mol. The van der Waals surface area contributed by atoms with Gasteiger partial charge in [-0.25, -0.2) is 4.79 Å². The summed E-state index contributed by atoms with van der Waals surface area (Å²) in [5.74, 6) is -2.26. The van der Waals surface area contributed by atoms with Crippen LogP contribution in [0.3, 0.4) is 0 Å². The fourth-order valence-corrected chi connectivity index (χ4v) is 2.16. The first-order valence-corrected chi connectivity index (χ1v) is 7.81. The molecule has 9 heteroatoms. The van der Waals surface area contributed by atoms with E-state index in [1.54, 1.807) is 25.1 Å². The molecule has 1 aromatic rings. The number of hydrogen-bond acceptors (Lipinski definition) is 5. The summed E-state index contributed by atoms with van der Waals surface area (Å²) in [5.41, 5.74) is 0.576. The molecule has 0 aliphatic rings. The van der Waals surface area contributed by atoms with E-state index >= 15 is 0 Å². The molecule has 0 bridgehead atoms. The average molecular weight is 377 g/mol. The lowest BCUT2D eigenvalue weighted by molar-refractivity contribution is -0.146. The average Bonchev–Trinajstić information content (AvgIpc) is 2.53. The maximum absolute atomic E-state index is 12.2. The van der Waals surface area contributed by atoms with Crippen LogP contribution in [0.2, 0.25) is 10.0 Å². The van der Waals surface area contributed by atoms with Crippen molar-refractivity contribution in [2.24, 2.45) is 0 Å². The highest BCUT2D eigenvalue weighted by Gasteiger charge is 2.24. The molecule has 0 radical (unpaired) electrons. The Morgan fingerprint density at radius 3 is 2.46 bits per heavy atom. The molecule has 0 aliphatic carbocycles. The van der Waals surface area contributed by atoms with Gasteiger partial charge in [-0.05, 0) is 31.5 Å². The minimum absolute atomic E-state index is 0.0623. The van der Waals surface area contributed by atoms with Crippen molar-refractivity contribution < 1.29 is 24.2 Å². The van der Waals surface area contributed by atoms with Crippen LogP contribution in [0.15, 0.2) is 18.2 Å². The Bertz CT molecular complexity index is 624. The Morgan fingerprint density at radius 2 is 1.92 bits per heavy atom. The van der Waals surface area contributed by atoms with E-state index in [0.717, 1.165) is 0 Å². The number of rotatable bonds is 8. The third kappa shape index (κ3) is 6.25. The zero-order valence-electron chi connectivity index (χ0n) is 13.1. The van der Waals surface area contributed by atoms with Crippen molar-refractivity contribution in [3.05, 3.63) is 28.2 Å². The predicted octanol–water partition coefficient (Wildman–Crippen LogP) is 2.32. The molecule has 0 saturated heterocycles. The van der Waals surface area contributed by atoms with Crippen molar-refractivity contribution in [1.82, 2.24) is 5.32 Å². The second-order valence-corrected chi connectivity index (χ2v) is 5.83. The molecule has 0 aliphatic heterocycles. The largest absolute Gasteiger partial charge is 0.481 e. The number of esters is 1. The van der Waals surface area contributed by atoms with Crippen molar-refractivity contribution in [2.75, 3.05) is 12.4 Å². The zero-order valence-corrected chi connectivity index (χ0v) is 14.6. The van der Waals surface area contributed by atoms with E-state index in [0.29, 0.717) is 15.7 Å². The highest BCUT2D eigenvalue weighted by Crippen LogP contribution is 2.25. The third-order valence-corrected chi connectivity index (χ3v) is 3.88. The minimum Gasteiger partial charge on any atom is -0.481 e.